The van der Waals surface area contributed by atoms with E-state index in [-0.39, 0.29) is 5.75 Å². The molecular weight excluding hydrogens is 445 g/mol. The fourth-order valence-corrected chi connectivity index (χ4v) is 4.11. The lowest BCUT2D eigenvalue weighted by atomic mass is 10.2. The van der Waals surface area contributed by atoms with Gasteiger partial charge < -0.3 is 14.6 Å². The summed E-state index contributed by atoms with van der Waals surface area (Å²) in [5.41, 5.74) is 2.54. The van der Waals surface area contributed by atoms with Gasteiger partial charge in [0.25, 0.3) is 0 Å². The van der Waals surface area contributed by atoms with Gasteiger partial charge in [-0.3, -0.25) is 4.90 Å². The number of para-hydroxylation sites is 2. The van der Waals surface area contributed by atoms with Gasteiger partial charge in [-0.05, 0) is 56.4 Å². The molecule has 7 heteroatoms. The Bertz CT molecular complexity index is 1070. The van der Waals surface area contributed by atoms with E-state index < -0.39 is 11.9 Å². The number of aryl methyl sites for hydroxylation is 1. The Labute approximate surface area is 207 Å². The van der Waals surface area contributed by atoms with E-state index in [1.807, 2.05) is 37.3 Å². The molecule has 2 aromatic carbocycles. The van der Waals surface area contributed by atoms with E-state index >= 15 is 0 Å². The maximum Gasteiger partial charge on any atom is 0.227 e. The fraction of sp³-hybridized carbons (Fsp3) is 0.464. The molecule has 188 valence electrons. The highest BCUT2D eigenvalue weighted by molar-refractivity contribution is 5.43. The van der Waals surface area contributed by atoms with Crippen LogP contribution >= 0.6 is 0 Å². The van der Waals surface area contributed by atoms with Crippen LogP contribution in [0.3, 0.4) is 0 Å². The lowest BCUT2D eigenvalue weighted by Gasteiger charge is -2.25. The predicted molar refractivity (Wildman–Crippen MR) is 135 cm³/mol. The van der Waals surface area contributed by atoms with Crippen LogP contribution in [0.25, 0.3) is 5.69 Å². The minimum atomic E-state index is -0.578. The van der Waals surface area contributed by atoms with Gasteiger partial charge in [0, 0.05) is 26.2 Å². The van der Waals surface area contributed by atoms with Crippen LogP contribution in [0.5, 0.6) is 11.6 Å². The Hall–Kier alpha value is -2.74. The molecule has 6 nitrogen and oxygen atoms in total. The number of aromatic nitrogens is 2. The third-order valence-corrected chi connectivity index (χ3v) is 6.20. The monoisotopic (exact) mass is 481 g/mol. The first-order valence-corrected chi connectivity index (χ1v) is 12.6. The van der Waals surface area contributed by atoms with E-state index in [0.29, 0.717) is 38.1 Å². The fourth-order valence-electron chi connectivity index (χ4n) is 4.11. The summed E-state index contributed by atoms with van der Waals surface area (Å²) < 4.78 is 28.1. The molecule has 1 aliphatic rings. The highest BCUT2D eigenvalue weighted by Crippen LogP contribution is 2.34. The minimum absolute atomic E-state index is 0.156. The van der Waals surface area contributed by atoms with Gasteiger partial charge in [0.1, 0.15) is 0 Å². The maximum atomic E-state index is 14.5. The van der Waals surface area contributed by atoms with Crippen molar-refractivity contribution < 1.29 is 19.0 Å². The van der Waals surface area contributed by atoms with E-state index in [1.54, 1.807) is 22.9 Å². The Morgan fingerprint density at radius 1 is 1.14 bits per heavy atom. The van der Waals surface area contributed by atoms with Gasteiger partial charge in [-0.15, -0.1) is 0 Å². The van der Waals surface area contributed by atoms with Crippen LogP contribution in [-0.4, -0.2) is 52.2 Å². The van der Waals surface area contributed by atoms with Crippen molar-refractivity contribution in [2.24, 2.45) is 5.92 Å². The molecule has 35 heavy (non-hydrogen) atoms. The van der Waals surface area contributed by atoms with Crippen LogP contribution in [0, 0.1) is 18.7 Å². The molecule has 1 atom stereocenters. The second-order valence-corrected chi connectivity index (χ2v) is 9.37. The smallest absolute Gasteiger partial charge is 0.227 e. The topological polar surface area (TPSA) is 59.8 Å². The predicted octanol–water partition coefficient (Wildman–Crippen LogP) is 5.50. The molecule has 0 amide bonds. The number of aliphatic hydroxyl groups is 1. The largest absolute Gasteiger partial charge is 0.435 e. The number of benzene rings is 2. The van der Waals surface area contributed by atoms with Crippen LogP contribution in [0.2, 0.25) is 0 Å². The van der Waals surface area contributed by atoms with Crippen LogP contribution in [0.15, 0.2) is 54.6 Å². The van der Waals surface area contributed by atoms with Gasteiger partial charge in [-0.1, -0.05) is 43.7 Å². The van der Waals surface area contributed by atoms with Crippen molar-refractivity contribution in [2.75, 3.05) is 26.3 Å². The zero-order valence-corrected chi connectivity index (χ0v) is 20.7. The summed E-state index contributed by atoms with van der Waals surface area (Å²) in [6, 6.07) is 16.1. The van der Waals surface area contributed by atoms with E-state index in [9.17, 15) is 9.50 Å². The Kier molecular flexibility index (Phi) is 8.90. The lowest BCUT2D eigenvalue weighted by Crippen LogP contribution is -2.36. The molecule has 1 aromatic heterocycles. The molecule has 1 aliphatic carbocycles. The first kappa shape index (κ1) is 25.4. The van der Waals surface area contributed by atoms with Gasteiger partial charge in [0.15, 0.2) is 11.6 Å². The molecule has 0 radical (unpaired) electrons. The van der Waals surface area contributed by atoms with Gasteiger partial charge in [-0.25, -0.2) is 9.07 Å². The van der Waals surface area contributed by atoms with Gasteiger partial charge in [0.2, 0.25) is 5.88 Å². The number of hydrogen-bond donors (Lipinski definition) is 1. The molecule has 0 unspecified atom stereocenters. The highest BCUT2D eigenvalue weighted by atomic mass is 19.1. The van der Waals surface area contributed by atoms with E-state index in [1.165, 1.54) is 18.9 Å². The summed E-state index contributed by atoms with van der Waals surface area (Å²) in [7, 11) is 0. The Morgan fingerprint density at radius 3 is 2.60 bits per heavy atom. The summed E-state index contributed by atoms with van der Waals surface area (Å²) in [6.07, 6.45) is 3.90. The SMILES string of the molecule is CCCCOC[C@H](O)CN(Cc1c(C)nn(-c2ccccc2)c1Oc1ccccc1F)CC1CC1. The number of hydrogen-bond acceptors (Lipinski definition) is 5. The van der Waals surface area contributed by atoms with Crippen molar-refractivity contribution in [3.05, 3.63) is 71.7 Å². The number of rotatable bonds is 14. The molecule has 0 saturated heterocycles. The van der Waals surface area contributed by atoms with Crippen molar-refractivity contribution in [1.29, 1.82) is 0 Å². The molecular formula is C28H36FN3O3. The second-order valence-electron chi connectivity index (χ2n) is 9.37. The molecule has 0 spiro atoms. The average Bonchev–Trinajstić information content (AvgIpc) is 3.62. The van der Waals surface area contributed by atoms with Crippen molar-refractivity contribution in [2.45, 2.75) is 52.2 Å². The molecule has 1 N–H and O–H groups in total. The molecule has 0 aliphatic heterocycles. The molecule has 1 heterocycles. The number of nitrogens with zero attached hydrogens (tertiary/aromatic N) is 3. The first-order chi connectivity index (χ1) is 17.0. The molecule has 1 fully saturated rings. The second kappa shape index (κ2) is 12.3. The third-order valence-electron chi connectivity index (χ3n) is 6.20. The minimum Gasteiger partial charge on any atom is -0.435 e. The standard InChI is InChI=1S/C28H36FN3O3/c1-3-4-16-34-20-24(33)18-31(17-22-14-15-22)19-25-21(2)30-32(23-10-6-5-7-11-23)28(25)35-27-13-9-8-12-26(27)29/h5-13,22,24,33H,3-4,14-20H2,1-2H3/t24-/m1/s1. The van der Waals surface area contributed by atoms with E-state index in [4.69, 9.17) is 14.6 Å². The summed E-state index contributed by atoms with van der Waals surface area (Å²) >= 11 is 0. The van der Waals surface area contributed by atoms with Crippen LogP contribution < -0.4 is 4.74 Å². The average molecular weight is 482 g/mol. The highest BCUT2D eigenvalue weighted by Gasteiger charge is 2.28. The molecule has 0 bridgehead atoms. The molecule has 3 aromatic rings. The molecule has 1 saturated carbocycles. The Balaban J connectivity index is 1.59. The van der Waals surface area contributed by atoms with E-state index in [2.05, 4.69) is 11.8 Å². The number of unbranched alkanes of at least 4 members (excludes halogenated alkanes) is 1. The lowest BCUT2D eigenvalue weighted by molar-refractivity contribution is 0.0134. The number of halogens is 1. The zero-order valence-electron chi connectivity index (χ0n) is 20.7. The van der Waals surface area contributed by atoms with E-state index in [0.717, 1.165) is 36.3 Å². The summed E-state index contributed by atoms with van der Waals surface area (Å²) in [5.74, 6) is 0.868. The first-order valence-electron chi connectivity index (χ1n) is 12.6. The van der Waals surface area contributed by atoms with Crippen LogP contribution in [-0.2, 0) is 11.3 Å². The van der Waals surface area contributed by atoms with Gasteiger partial charge in [-0.2, -0.15) is 5.10 Å². The van der Waals surface area contributed by atoms with Crippen LogP contribution in [0.1, 0.15) is 43.9 Å². The van der Waals surface area contributed by atoms with Gasteiger partial charge in [0.05, 0.1) is 29.7 Å². The maximum absolute atomic E-state index is 14.5. The van der Waals surface area contributed by atoms with Crippen molar-refractivity contribution in [1.82, 2.24) is 14.7 Å². The van der Waals surface area contributed by atoms with Crippen molar-refractivity contribution >= 4 is 0 Å². The normalized spacial score (nSPS) is 14.4. The summed E-state index contributed by atoms with van der Waals surface area (Å²) in [4.78, 5) is 2.25. The van der Waals surface area contributed by atoms with Crippen molar-refractivity contribution in [3.63, 3.8) is 0 Å². The quantitative estimate of drug-likeness (QED) is 0.308. The number of aliphatic hydroxyl groups excluding tert-OH is 1. The van der Waals surface area contributed by atoms with Gasteiger partial charge >= 0.3 is 0 Å². The Morgan fingerprint density at radius 2 is 1.89 bits per heavy atom. The van der Waals surface area contributed by atoms with Crippen molar-refractivity contribution in [3.8, 4) is 17.3 Å². The number of ether oxygens (including phenoxy) is 2. The summed E-state index contributed by atoms with van der Waals surface area (Å²) in [5, 5.41) is 15.4. The zero-order chi connectivity index (χ0) is 24.6. The molecule has 4 rings (SSSR count). The third kappa shape index (κ3) is 7.13. The summed E-state index contributed by atoms with van der Waals surface area (Å²) in [6.45, 7) is 6.99. The van der Waals surface area contributed by atoms with Crippen LogP contribution in [0.4, 0.5) is 4.39 Å².